The van der Waals surface area contributed by atoms with Crippen molar-refractivity contribution in [2.75, 3.05) is 0 Å². The number of unbranched alkanes of at least 4 members (excludes halogenated alkanes) is 1. The summed E-state index contributed by atoms with van der Waals surface area (Å²) in [5, 5.41) is 11.5. The number of carboxylic acids is 1. The normalized spacial score (nSPS) is 12.3. The number of hydrogen-bond acceptors (Lipinski definition) is 3. The van der Waals surface area contributed by atoms with E-state index in [0.717, 1.165) is 23.8 Å². The van der Waals surface area contributed by atoms with Crippen molar-refractivity contribution >= 4 is 23.4 Å². The molecule has 0 fully saturated rings. The summed E-state index contributed by atoms with van der Waals surface area (Å²) in [6.07, 6.45) is 1.17. The number of thiophene rings is 1. The molecule has 0 aliphatic heterocycles. The molecule has 0 amide bonds. The second-order valence-electron chi connectivity index (χ2n) is 7.17. The van der Waals surface area contributed by atoms with Gasteiger partial charge in [0.05, 0.1) is 17.5 Å². The van der Waals surface area contributed by atoms with Gasteiger partial charge in [-0.15, -0.1) is 11.3 Å². The van der Waals surface area contributed by atoms with Gasteiger partial charge < -0.3 is 9.67 Å². The lowest BCUT2D eigenvalue weighted by Gasteiger charge is -2.16. The second kappa shape index (κ2) is 9.96. The van der Waals surface area contributed by atoms with Crippen molar-refractivity contribution in [3.05, 3.63) is 81.1 Å². The van der Waals surface area contributed by atoms with Gasteiger partial charge in [-0.1, -0.05) is 37.6 Å². The first kappa shape index (κ1) is 22.8. The van der Waals surface area contributed by atoms with Crippen LogP contribution in [0.1, 0.15) is 47.3 Å². The Balaban J connectivity index is 2.03. The predicted octanol–water partition coefficient (Wildman–Crippen LogP) is 6.07. The number of aryl methyl sites for hydroxylation is 1. The fourth-order valence-corrected chi connectivity index (χ4v) is 4.06. The fraction of sp³-hybridized carbons (Fsp3) is 0.304. The number of alkyl halides is 3. The molecule has 1 aromatic carbocycles. The minimum absolute atomic E-state index is 0.0353. The third-order valence-corrected chi connectivity index (χ3v) is 5.79. The van der Waals surface area contributed by atoms with E-state index in [2.05, 4.69) is 4.98 Å². The third-order valence-electron chi connectivity index (χ3n) is 4.92. The zero-order valence-corrected chi connectivity index (χ0v) is 17.8. The zero-order chi connectivity index (χ0) is 22.4. The second-order valence-corrected chi connectivity index (χ2v) is 8.21. The van der Waals surface area contributed by atoms with Crippen LogP contribution in [0.4, 0.5) is 13.2 Å². The van der Waals surface area contributed by atoms with Gasteiger partial charge in [0.15, 0.2) is 0 Å². The van der Waals surface area contributed by atoms with E-state index in [4.69, 9.17) is 0 Å². The molecule has 4 nitrogen and oxygen atoms in total. The van der Waals surface area contributed by atoms with E-state index in [9.17, 15) is 23.1 Å². The molecule has 31 heavy (non-hydrogen) atoms. The maximum atomic E-state index is 13.5. The number of rotatable bonds is 9. The SMILES string of the molecule is CCCCc1ncc(/C=C(\Cc2cccs2)C(=O)O)n1Cc1ccccc1C(F)(F)F. The van der Waals surface area contributed by atoms with Crippen molar-refractivity contribution < 1.29 is 23.1 Å². The fourth-order valence-electron chi connectivity index (χ4n) is 3.33. The van der Waals surface area contributed by atoms with Crippen LogP contribution < -0.4 is 0 Å². The molecule has 2 aromatic heterocycles. The highest BCUT2D eigenvalue weighted by Gasteiger charge is 2.33. The van der Waals surface area contributed by atoms with Gasteiger partial charge in [0.25, 0.3) is 0 Å². The number of aliphatic carboxylic acids is 1. The summed E-state index contributed by atoms with van der Waals surface area (Å²) in [7, 11) is 0. The van der Waals surface area contributed by atoms with Crippen LogP contribution in [0, 0.1) is 0 Å². The van der Waals surface area contributed by atoms with Crippen LogP contribution in [0.5, 0.6) is 0 Å². The molecule has 8 heteroatoms. The van der Waals surface area contributed by atoms with E-state index in [-0.39, 0.29) is 24.1 Å². The molecule has 3 rings (SSSR count). The summed E-state index contributed by atoms with van der Waals surface area (Å²) in [5.41, 5.74) is 0.0689. The van der Waals surface area contributed by atoms with E-state index < -0.39 is 17.7 Å². The Hall–Kier alpha value is -2.87. The van der Waals surface area contributed by atoms with Crippen LogP contribution in [0.3, 0.4) is 0 Å². The maximum absolute atomic E-state index is 13.5. The van der Waals surface area contributed by atoms with E-state index in [1.807, 2.05) is 24.4 Å². The van der Waals surface area contributed by atoms with Crippen molar-refractivity contribution in [3.8, 4) is 0 Å². The highest BCUT2D eigenvalue weighted by Crippen LogP contribution is 2.32. The third kappa shape index (κ3) is 5.85. The molecule has 0 atom stereocenters. The number of carbonyl (C=O) groups is 1. The molecule has 164 valence electrons. The number of carboxylic acid groups (broad SMARTS) is 1. The van der Waals surface area contributed by atoms with Gasteiger partial charge in [-0.25, -0.2) is 9.78 Å². The van der Waals surface area contributed by atoms with Crippen LogP contribution in [-0.2, 0) is 30.4 Å². The average Bonchev–Trinajstić information content (AvgIpc) is 3.36. The number of imidazole rings is 1. The van der Waals surface area contributed by atoms with Gasteiger partial charge in [0, 0.05) is 29.8 Å². The predicted molar refractivity (Wildman–Crippen MR) is 115 cm³/mol. The highest BCUT2D eigenvalue weighted by molar-refractivity contribution is 7.09. The lowest BCUT2D eigenvalue weighted by Crippen LogP contribution is -2.14. The highest BCUT2D eigenvalue weighted by atomic mass is 32.1. The van der Waals surface area contributed by atoms with Crippen LogP contribution in [0.2, 0.25) is 0 Å². The van der Waals surface area contributed by atoms with Gasteiger partial charge in [0.1, 0.15) is 5.82 Å². The number of aromatic nitrogens is 2. The monoisotopic (exact) mass is 448 g/mol. The van der Waals surface area contributed by atoms with Crippen LogP contribution >= 0.6 is 11.3 Å². The minimum atomic E-state index is -4.47. The van der Waals surface area contributed by atoms with Crippen molar-refractivity contribution in [1.82, 2.24) is 9.55 Å². The van der Waals surface area contributed by atoms with Crippen LogP contribution in [0.15, 0.2) is 53.5 Å². The van der Waals surface area contributed by atoms with E-state index in [1.165, 1.54) is 29.5 Å². The van der Waals surface area contributed by atoms with Gasteiger partial charge in [-0.05, 0) is 35.6 Å². The Morgan fingerprint density at radius 3 is 2.65 bits per heavy atom. The first-order valence-electron chi connectivity index (χ1n) is 9.95. The summed E-state index contributed by atoms with van der Waals surface area (Å²) < 4.78 is 42.2. The zero-order valence-electron chi connectivity index (χ0n) is 17.0. The Bertz CT molecular complexity index is 1050. The first-order chi connectivity index (χ1) is 14.8. The average molecular weight is 449 g/mol. The van der Waals surface area contributed by atoms with E-state index in [1.54, 1.807) is 16.8 Å². The van der Waals surface area contributed by atoms with Crippen LogP contribution in [-0.4, -0.2) is 20.6 Å². The molecule has 0 spiro atoms. The molecule has 0 radical (unpaired) electrons. The largest absolute Gasteiger partial charge is 0.478 e. The summed E-state index contributed by atoms with van der Waals surface area (Å²) in [5.74, 6) is -0.419. The van der Waals surface area contributed by atoms with Gasteiger partial charge in [0.2, 0.25) is 0 Å². The summed E-state index contributed by atoms with van der Waals surface area (Å²) in [6, 6.07) is 9.15. The molecule has 0 bridgehead atoms. The van der Waals surface area contributed by atoms with Crippen LogP contribution in [0.25, 0.3) is 6.08 Å². The number of hydrogen-bond donors (Lipinski definition) is 1. The molecule has 0 saturated heterocycles. The Labute approximate surface area is 182 Å². The first-order valence-corrected chi connectivity index (χ1v) is 10.8. The standard InChI is InChI=1S/C23H23F3N2O2S/c1-2-3-10-21-27-14-18(12-17(22(29)30)13-19-8-6-11-31-19)28(21)15-16-7-4-5-9-20(16)23(24,25)26/h4-9,11-12,14H,2-3,10,13,15H2,1H3,(H,29,30)/b17-12+. The van der Waals surface area contributed by atoms with Crippen molar-refractivity contribution in [3.63, 3.8) is 0 Å². The molecule has 3 aromatic rings. The van der Waals surface area contributed by atoms with Gasteiger partial charge in [-0.2, -0.15) is 13.2 Å². The molecular weight excluding hydrogens is 425 g/mol. The molecule has 0 aliphatic carbocycles. The minimum Gasteiger partial charge on any atom is -0.478 e. The molecule has 0 aliphatic rings. The van der Waals surface area contributed by atoms with E-state index in [0.29, 0.717) is 17.9 Å². The number of nitrogens with zero attached hydrogens (tertiary/aromatic N) is 2. The Kier molecular flexibility index (Phi) is 7.33. The quantitative estimate of drug-likeness (QED) is 0.405. The lowest BCUT2D eigenvalue weighted by atomic mass is 10.1. The van der Waals surface area contributed by atoms with Crippen molar-refractivity contribution in [2.45, 2.75) is 45.3 Å². The van der Waals surface area contributed by atoms with E-state index >= 15 is 0 Å². The molecular formula is C23H23F3N2O2S. The molecule has 0 saturated carbocycles. The topological polar surface area (TPSA) is 55.1 Å². The van der Waals surface area contributed by atoms with Gasteiger partial charge >= 0.3 is 12.1 Å². The van der Waals surface area contributed by atoms with Gasteiger partial charge in [-0.3, -0.25) is 0 Å². The lowest BCUT2D eigenvalue weighted by molar-refractivity contribution is -0.138. The summed E-state index contributed by atoms with van der Waals surface area (Å²) in [6.45, 7) is 1.99. The number of benzene rings is 1. The Morgan fingerprint density at radius 2 is 2.00 bits per heavy atom. The van der Waals surface area contributed by atoms with Crippen molar-refractivity contribution in [1.29, 1.82) is 0 Å². The molecule has 0 unspecified atom stereocenters. The van der Waals surface area contributed by atoms with Crippen molar-refractivity contribution in [2.24, 2.45) is 0 Å². The molecule has 2 heterocycles. The summed E-state index contributed by atoms with van der Waals surface area (Å²) in [4.78, 5) is 17.1. The summed E-state index contributed by atoms with van der Waals surface area (Å²) >= 11 is 1.46. The Morgan fingerprint density at radius 1 is 1.23 bits per heavy atom. The number of halogens is 3. The maximum Gasteiger partial charge on any atom is 0.416 e. The smallest absolute Gasteiger partial charge is 0.416 e. The molecule has 1 N–H and O–H groups in total.